The molecule has 1 N–H and O–H groups in total. The van der Waals surface area contributed by atoms with E-state index in [2.05, 4.69) is 69.7 Å². The van der Waals surface area contributed by atoms with Crippen molar-refractivity contribution in [3.63, 3.8) is 0 Å². The van der Waals surface area contributed by atoms with Gasteiger partial charge in [0.15, 0.2) is 16.6 Å². The molecule has 0 amide bonds. The highest BCUT2D eigenvalue weighted by Gasteiger charge is 2.66. The van der Waals surface area contributed by atoms with Crippen LogP contribution in [0.2, 0.25) is 39.3 Å². The minimum absolute atomic E-state index is 0.194. The van der Waals surface area contributed by atoms with Crippen molar-refractivity contribution < 1.29 is 8.85 Å². The summed E-state index contributed by atoms with van der Waals surface area (Å²) in [7, 11) is -3.37. The average Bonchev–Trinajstić information content (AvgIpc) is 2.36. The molecule has 3 rings (SSSR count). The summed E-state index contributed by atoms with van der Waals surface area (Å²) in [5.74, 6) is 0. The molecule has 0 aromatic heterocycles. The van der Waals surface area contributed by atoms with Crippen molar-refractivity contribution in [3.8, 4) is 0 Å². The lowest BCUT2D eigenvalue weighted by Gasteiger charge is -2.64. The molecule has 0 saturated heterocycles. The predicted molar refractivity (Wildman–Crippen MR) is 102 cm³/mol. The molecule has 2 aliphatic rings. The second-order valence-corrected chi connectivity index (χ2v) is 18.0. The molecule has 1 aromatic rings. The summed E-state index contributed by atoms with van der Waals surface area (Å²) in [6, 6.07) is 6.72. The van der Waals surface area contributed by atoms with E-state index in [1.54, 1.807) is 0 Å². The van der Waals surface area contributed by atoms with E-state index < -0.39 is 16.6 Å². The molecule has 1 saturated carbocycles. The molecule has 23 heavy (non-hydrogen) atoms. The van der Waals surface area contributed by atoms with Crippen LogP contribution >= 0.6 is 0 Å². The number of hydrogen-bond acceptors (Lipinski definition) is 3. The fourth-order valence-electron chi connectivity index (χ4n) is 4.11. The molecule has 0 spiro atoms. The van der Waals surface area contributed by atoms with E-state index in [0.717, 1.165) is 19.4 Å². The van der Waals surface area contributed by atoms with Gasteiger partial charge in [-0.05, 0) is 70.7 Å². The lowest BCUT2D eigenvalue weighted by molar-refractivity contribution is -0.202. The molecule has 1 aromatic carbocycles. The molecule has 3 nitrogen and oxygen atoms in total. The van der Waals surface area contributed by atoms with Crippen LogP contribution in [0.15, 0.2) is 18.2 Å². The van der Waals surface area contributed by atoms with Gasteiger partial charge in [-0.1, -0.05) is 12.1 Å². The minimum Gasteiger partial charge on any atom is -0.407 e. The van der Waals surface area contributed by atoms with Gasteiger partial charge in [-0.15, -0.1) is 0 Å². The van der Waals surface area contributed by atoms with Crippen LogP contribution in [-0.4, -0.2) is 28.8 Å². The van der Waals surface area contributed by atoms with Gasteiger partial charge in [0.1, 0.15) is 11.2 Å². The minimum atomic E-state index is -1.70. The molecular formula is C18H31NO2Si2. The molecule has 1 aliphatic heterocycles. The SMILES string of the molecule is Cc1ccc2c(c1)NC[C@]1(O[Si](C)(C)C)CC[C@]21O[Si](C)(C)C. The van der Waals surface area contributed by atoms with Crippen molar-refractivity contribution in [2.45, 2.75) is 70.2 Å². The van der Waals surface area contributed by atoms with E-state index in [9.17, 15) is 0 Å². The van der Waals surface area contributed by atoms with Gasteiger partial charge in [0.25, 0.3) is 0 Å². The zero-order valence-electron chi connectivity index (χ0n) is 15.7. The Labute approximate surface area is 143 Å². The summed E-state index contributed by atoms with van der Waals surface area (Å²) in [6.07, 6.45) is 2.15. The highest BCUT2D eigenvalue weighted by Crippen LogP contribution is 2.60. The van der Waals surface area contributed by atoms with Crippen molar-refractivity contribution in [2.24, 2.45) is 0 Å². The van der Waals surface area contributed by atoms with Crippen LogP contribution in [0.4, 0.5) is 5.69 Å². The van der Waals surface area contributed by atoms with E-state index in [4.69, 9.17) is 8.85 Å². The topological polar surface area (TPSA) is 30.5 Å². The van der Waals surface area contributed by atoms with Crippen LogP contribution in [0.25, 0.3) is 0 Å². The number of fused-ring (bicyclic) bond motifs is 3. The third-order valence-corrected chi connectivity index (χ3v) is 6.74. The highest BCUT2D eigenvalue weighted by molar-refractivity contribution is 6.70. The molecule has 0 unspecified atom stereocenters. The lowest BCUT2D eigenvalue weighted by atomic mass is 9.60. The van der Waals surface area contributed by atoms with Crippen molar-refractivity contribution in [1.29, 1.82) is 0 Å². The molecule has 1 aliphatic carbocycles. The molecule has 0 bridgehead atoms. The van der Waals surface area contributed by atoms with Crippen molar-refractivity contribution in [1.82, 2.24) is 0 Å². The molecular weight excluding hydrogens is 318 g/mol. The Balaban J connectivity index is 2.11. The fourth-order valence-corrected chi connectivity index (χ4v) is 7.07. The normalized spacial score (nSPS) is 30.0. The Kier molecular flexibility index (Phi) is 3.88. The van der Waals surface area contributed by atoms with E-state index in [-0.39, 0.29) is 11.2 Å². The number of anilines is 1. The predicted octanol–water partition coefficient (Wildman–Crippen LogP) is 4.85. The van der Waals surface area contributed by atoms with Gasteiger partial charge < -0.3 is 14.2 Å². The molecule has 0 radical (unpaired) electrons. The zero-order valence-corrected chi connectivity index (χ0v) is 17.7. The first-order valence-corrected chi connectivity index (χ1v) is 15.5. The maximum atomic E-state index is 6.88. The Morgan fingerprint density at radius 2 is 1.61 bits per heavy atom. The lowest BCUT2D eigenvalue weighted by Crippen LogP contribution is -2.72. The Bertz CT molecular complexity index is 620. The van der Waals surface area contributed by atoms with Crippen LogP contribution in [-0.2, 0) is 14.5 Å². The summed E-state index contributed by atoms with van der Waals surface area (Å²) < 4.78 is 13.7. The number of nitrogens with one attached hydrogen (secondary N) is 1. The van der Waals surface area contributed by atoms with Crippen LogP contribution in [0.5, 0.6) is 0 Å². The van der Waals surface area contributed by atoms with Crippen LogP contribution in [0.1, 0.15) is 24.0 Å². The monoisotopic (exact) mass is 349 g/mol. The number of rotatable bonds is 4. The first-order chi connectivity index (χ1) is 10.5. The quantitative estimate of drug-likeness (QED) is 0.788. The van der Waals surface area contributed by atoms with Crippen molar-refractivity contribution in [3.05, 3.63) is 29.3 Å². The fraction of sp³-hybridized carbons (Fsp3) is 0.667. The van der Waals surface area contributed by atoms with Crippen LogP contribution < -0.4 is 5.32 Å². The molecule has 1 fully saturated rings. The Morgan fingerprint density at radius 3 is 2.13 bits per heavy atom. The maximum Gasteiger partial charge on any atom is 0.185 e. The molecule has 5 heteroatoms. The van der Waals surface area contributed by atoms with Crippen LogP contribution in [0, 0.1) is 6.92 Å². The summed E-state index contributed by atoms with van der Waals surface area (Å²) in [4.78, 5) is 0. The molecule has 1 heterocycles. The average molecular weight is 350 g/mol. The highest BCUT2D eigenvalue weighted by atomic mass is 28.4. The first-order valence-electron chi connectivity index (χ1n) is 8.72. The second-order valence-electron chi connectivity index (χ2n) is 9.15. The summed E-state index contributed by atoms with van der Waals surface area (Å²) in [5.41, 5.74) is 3.38. The zero-order chi connectivity index (χ0) is 17.1. The van der Waals surface area contributed by atoms with Gasteiger partial charge >= 0.3 is 0 Å². The number of hydrogen-bond donors (Lipinski definition) is 1. The summed E-state index contributed by atoms with van der Waals surface area (Å²) in [6.45, 7) is 16.7. The van der Waals surface area contributed by atoms with Gasteiger partial charge in [0, 0.05) is 17.8 Å². The standard InChI is InChI=1S/C18H31NO2Si2/c1-14-8-9-15-16(12-14)19-13-17(20-22(2,3)4)10-11-18(15,17)21-23(5,6)7/h8-9,12,19H,10-11,13H2,1-7H3/t17-,18+/m1/s1. The van der Waals surface area contributed by atoms with E-state index in [1.165, 1.54) is 16.8 Å². The Morgan fingerprint density at radius 1 is 0.957 bits per heavy atom. The third kappa shape index (κ3) is 2.92. The first kappa shape index (κ1) is 17.2. The molecule has 2 atom stereocenters. The molecule has 128 valence electrons. The third-order valence-electron chi connectivity index (χ3n) is 4.77. The summed E-state index contributed by atoms with van der Waals surface area (Å²) >= 11 is 0. The smallest absolute Gasteiger partial charge is 0.185 e. The van der Waals surface area contributed by atoms with Gasteiger partial charge in [-0.25, -0.2) is 0 Å². The van der Waals surface area contributed by atoms with Gasteiger partial charge in [-0.2, -0.15) is 0 Å². The van der Waals surface area contributed by atoms with Gasteiger partial charge in [-0.3, -0.25) is 0 Å². The van der Waals surface area contributed by atoms with Crippen molar-refractivity contribution in [2.75, 3.05) is 11.9 Å². The van der Waals surface area contributed by atoms with E-state index in [1.807, 2.05) is 0 Å². The summed E-state index contributed by atoms with van der Waals surface area (Å²) in [5, 5.41) is 3.64. The second kappa shape index (κ2) is 5.18. The Hall–Kier alpha value is -0.626. The van der Waals surface area contributed by atoms with Crippen molar-refractivity contribution >= 4 is 22.3 Å². The van der Waals surface area contributed by atoms with E-state index in [0.29, 0.717) is 0 Å². The maximum absolute atomic E-state index is 6.88. The number of aryl methyl sites for hydroxylation is 1. The van der Waals surface area contributed by atoms with Gasteiger partial charge in [0.2, 0.25) is 0 Å². The van der Waals surface area contributed by atoms with Gasteiger partial charge in [0.05, 0.1) is 0 Å². The van der Waals surface area contributed by atoms with Crippen LogP contribution in [0.3, 0.4) is 0 Å². The largest absolute Gasteiger partial charge is 0.407 e. The number of benzene rings is 1. The van der Waals surface area contributed by atoms with E-state index >= 15 is 0 Å².